The Kier molecular flexibility index (Phi) is 5.26. The molecule has 1 fully saturated rings. The number of ether oxygens (including phenoxy) is 1. The molecule has 0 saturated carbocycles. The second-order valence-corrected chi connectivity index (χ2v) is 9.26. The van der Waals surface area contributed by atoms with Crippen molar-refractivity contribution in [1.82, 2.24) is 14.5 Å². The van der Waals surface area contributed by atoms with E-state index in [0.29, 0.717) is 18.0 Å². The van der Waals surface area contributed by atoms with Gasteiger partial charge in [0.2, 0.25) is 0 Å². The van der Waals surface area contributed by atoms with Gasteiger partial charge in [-0.3, -0.25) is 4.90 Å². The normalized spacial score (nSPS) is 19.0. The lowest BCUT2D eigenvalue weighted by atomic mass is 9.95. The maximum absolute atomic E-state index is 11.9. The fraction of sp³-hybridized carbons (Fsp3) is 0.500. The number of methoxy groups -OCH3 is 1. The molecule has 1 aliphatic rings. The molecule has 0 amide bonds. The first-order valence-electron chi connectivity index (χ1n) is 7.99. The minimum atomic E-state index is -3.30. The van der Waals surface area contributed by atoms with Gasteiger partial charge in [-0.2, -0.15) is 0 Å². The predicted octanol–water partition coefficient (Wildman–Crippen LogP) is 2.04. The number of likely N-dealkylation sites (tertiary alicyclic amines) is 1. The molecule has 3 rings (SSSR count). The lowest BCUT2D eigenvalue weighted by Crippen LogP contribution is -2.34. The van der Waals surface area contributed by atoms with E-state index in [1.165, 1.54) is 13.4 Å². The second-order valence-electron chi connectivity index (χ2n) is 6.30. The van der Waals surface area contributed by atoms with Gasteiger partial charge in [-0.05, 0) is 37.1 Å². The molecule has 7 nitrogen and oxygen atoms in total. The SMILES string of the molecule is COc1cc(CN2CCCC(c3nnsc3S(C)(=O)=O)C2)ccc1O. The van der Waals surface area contributed by atoms with Crippen LogP contribution in [0.3, 0.4) is 0 Å². The number of piperidine rings is 1. The molecule has 136 valence electrons. The zero-order valence-corrected chi connectivity index (χ0v) is 15.8. The summed E-state index contributed by atoms with van der Waals surface area (Å²) in [5, 5.41) is 13.8. The first-order valence-corrected chi connectivity index (χ1v) is 10.7. The molecular weight excluding hydrogens is 362 g/mol. The summed E-state index contributed by atoms with van der Waals surface area (Å²) in [7, 11) is -1.77. The van der Waals surface area contributed by atoms with E-state index in [1.54, 1.807) is 6.07 Å². The molecule has 2 aromatic rings. The van der Waals surface area contributed by atoms with E-state index in [4.69, 9.17) is 4.74 Å². The Morgan fingerprint density at radius 3 is 2.96 bits per heavy atom. The van der Waals surface area contributed by atoms with E-state index in [0.717, 1.165) is 43.0 Å². The van der Waals surface area contributed by atoms with Crippen molar-refractivity contribution in [1.29, 1.82) is 0 Å². The standard InChI is InChI=1S/C16H21N3O4S2/c1-23-14-8-11(5-6-13(14)20)9-19-7-3-4-12(10-19)15-16(24-18-17-15)25(2,21)22/h5-6,8,12,20H,3-4,7,9-10H2,1-2H3. The van der Waals surface area contributed by atoms with Crippen molar-refractivity contribution in [2.75, 3.05) is 26.5 Å². The molecule has 0 aliphatic carbocycles. The minimum absolute atomic E-state index is 0.0660. The number of phenols is 1. The number of sulfone groups is 1. The predicted molar refractivity (Wildman–Crippen MR) is 94.9 cm³/mol. The molecule has 2 heterocycles. The average molecular weight is 383 g/mol. The summed E-state index contributed by atoms with van der Waals surface area (Å²) >= 11 is 0.950. The third-order valence-electron chi connectivity index (χ3n) is 4.36. The minimum Gasteiger partial charge on any atom is -0.504 e. The average Bonchev–Trinajstić information content (AvgIpc) is 3.07. The van der Waals surface area contributed by atoms with Crippen LogP contribution in [0.4, 0.5) is 0 Å². The van der Waals surface area contributed by atoms with Crippen LogP contribution in [0.2, 0.25) is 0 Å². The van der Waals surface area contributed by atoms with Crippen molar-refractivity contribution in [2.45, 2.75) is 29.5 Å². The van der Waals surface area contributed by atoms with Crippen LogP contribution in [0, 0.1) is 0 Å². The number of hydrogen-bond acceptors (Lipinski definition) is 8. The Labute approximate surface area is 151 Å². The number of phenolic OH excluding ortho intramolecular Hbond substituents is 1. The van der Waals surface area contributed by atoms with E-state index in [9.17, 15) is 13.5 Å². The maximum atomic E-state index is 11.9. The van der Waals surface area contributed by atoms with Crippen LogP contribution in [0.15, 0.2) is 22.4 Å². The zero-order chi connectivity index (χ0) is 18.0. The summed E-state index contributed by atoms with van der Waals surface area (Å²) in [5.41, 5.74) is 1.63. The fourth-order valence-electron chi connectivity index (χ4n) is 3.20. The number of hydrogen-bond donors (Lipinski definition) is 1. The molecule has 1 aliphatic heterocycles. The third kappa shape index (κ3) is 4.10. The van der Waals surface area contributed by atoms with Crippen LogP contribution in [0.25, 0.3) is 0 Å². The summed E-state index contributed by atoms with van der Waals surface area (Å²) in [6.45, 7) is 2.38. The topological polar surface area (TPSA) is 92.6 Å². The molecular formula is C16H21N3O4S2. The van der Waals surface area contributed by atoms with Crippen molar-refractivity contribution >= 4 is 21.4 Å². The van der Waals surface area contributed by atoms with Gasteiger partial charge in [-0.25, -0.2) is 8.42 Å². The van der Waals surface area contributed by atoms with E-state index in [1.807, 2.05) is 12.1 Å². The number of aromatic hydroxyl groups is 1. The second kappa shape index (κ2) is 7.27. The Morgan fingerprint density at radius 2 is 2.24 bits per heavy atom. The summed E-state index contributed by atoms with van der Waals surface area (Å²) in [6.07, 6.45) is 3.08. The fourth-order valence-corrected chi connectivity index (χ4v) is 4.93. The van der Waals surface area contributed by atoms with E-state index >= 15 is 0 Å². The van der Waals surface area contributed by atoms with Gasteiger partial charge in [-0.1, -0.05) is 10.6 Å². The maximum Gasteiger partial charge on any atom is 0.188 e. The van der Waals surface area contributed by atoms with Crippen molar-refractivity contribution in [3.8, 4) is 11.5 Å². The van der Waals surface area contributed by atoms with Crippen LogP contribution in [-0.4, -0.2) is 54.5 Å². The smallest absolute Gasteiger partial charge is 0.188 e. The molecule has 0 spiro atoms. The van der Waals surface area contributed by atoms with Gasteiger partial charge < -0.3 is 9.84 Å². The summed E-state index contributed by atoms with van der Waals surface area (Å²) in [4.78, 5) is 2.27. The Morgan fingerprint density at radius 1 is 1.44 bits per heavy atom. The molecule has 1 N–H and O–H groups in total. The Hall–Kier alpha value is -1.71. The Bertz CT molecular complexity index is 851. The highest BCUT2D eigenvalue weighted by molar-refractivity contribution is 7.92. The highest BCUT2D eigenvalue weighted by atomic mass is 32.2. The molecule has 1 aromatic carbocycles. The van der Waals surface area contributed by atoms with Crippen molar-refractivity contribution in [3.63, 3.8) is 0 Å². The van der Waals surface area contributed by atoms with E-state index in [-0.39, 0.29) is 15.9 Å². The monoisotopic (exact) mass is 383 g/mol. The van der Waals surface area contributed by atoms with Crippen LogP contribution < -0.4 is 4.74 Å². The van der Waals surface area contributed by atoms with Gasteiger partial charge in [0, 0.05) is 36.8 Å². The van der Waals surface area contributed by atoms with Crippen LogP contribution in [0.1, 0.15) is 30.0 Å². The first kappa shape index (κ1) is 18.1. The van der Waals surface area contributed by atoms with Crippen LogP contribution in [0.5, 0.6) is 11.5 Å². The van der Waals surface area contributed by atoms with Gasteiger partial charge in [0.05, 0.1) is 12.8 Å². The van der Waals surface area contributed by atoms with Crippen LogP contribution in [-0.2, 0) is 16.4 Å². The van der Waals surface area contributed by atoms with Crippen molar-refractivity contribution < 1.29 is 18.3 Å². The number of nitrogens with zero attached hydrogens (tertiary/aromatic N) is 3. The van der Waals surface area contributed by atoms with E-state index in [2.05, 4.69) is 14.5 Å². The van der Waals surface area contributed by atoms with Gasteiger partial charge in [0.1, 0.15) is 0 Å². The summed E-state index contributed by atoms with van der Waals surface area (Å²) < 4.78 is 33.1. The number of rotatable bonds is 5. The van der Waals surface area contributed by atoms with Gasteiger partial charge in [0.15, 0.2) is 25.5 Å². The zero-order valence-electron chi connectivity index (χ0n) is 14.2. The quantitative estimate of drug-likeness (QED) is 0.844. The summed E-state index contributed by atoms with van der Waals surface area (Å²) in [6, 6.07) is 5.32. The van der Waals surface area contributed by atoms with Gasteiger partial charge in [-0.15, -0.1) is 5.10 Å². The lowest BCUT2D eigenvalue weighted by molar-refractivity contribution is 0.197. The van der Waals surface area contributed by atoms with Crippen molar-refractivity contribution in [2.24, 2.45) is 0 Å². The first-order chi connectivity index (χ1) is 11.9. The van der Waals surface area contributed by atoms with Crippen LogP contribution >= 0.6 is 11.5 Å². The molecule has 1 saturated heterocycles. The van der Waals surface area contributed by atoms with Gasteiger partial charge in [0.25, 0.3) is 0 Å². The number of benzene rings is 1. The lowest BCUT2D eigenvalue weighted by Gasteiger charge is -2.32. The molecule has 1 atom stereocenters. The molecule has 0 radical (unpaired) electrons. The largest absolute Gasteiger partial charge is 0.504 e. The third-order valence-corrected chi connectivity index (χ3v) is 6.91. The molecule has 9 heteroatoms. The molecule has 1 unspecified atom stereocenters. The molecule has 25 heavy (non-hydrogen) atoms. The van der Waals surface area contributed by atoms with Gasteiger partial charge >= 0.3 is 0 Å². The molecule has 1 aromatic heterocycles. The highest BCUT2D eigenvalue weighted by Crippen LogP contribution is 2.33. The molecule has 0 bridgehead atoms. The number of aromatic nitrogens is 2. The Balaban J connectivity index is 1.75. The van der Waals surface area contributed by atoms with E-state index < -0.39 is 9.84 Å². The van der Waals surface area contributed by atoms with Crippen molar-refractivity contribution in [3.05, 3.63) is 29.5 Å². The summed E-state index contributed by atoms with van der Waals surface area (Å²) in [5.74, 6) is 0.638. The highest BCUT2D eigenvalue weighted by Gasteiger charge is 2.29.